The number of rotatable bonds is 5. The lowest BCUT2D eigenvalue weighted by molar-refractivity contribution is -0.123. The summed E-state index contributed by atoms with van der Waals surface area (Å²) in [6.07, 6.45) is 0.915. The maximum Gasteiger partial charge on any atom is 0.237 e. The largest absolute Gasteiger partial charge is 0.350 e. The summed E-state index contributed by atoms with van der Waals surface area (Å²) in [6.45, 7) is 6.61. The Morgan fingerprint density at radius 1 is 1.53 bits per heavy atom. The Balaban J connectivity index is 2.51. The summed E-state index contributed by atoms with van der Waals surface area (Å²) in [6, 6.07) is 3.64. The minimum absolute atomic E-state index is 0.0711. The van der Waals surface area contributed by atoms with E-state index in [2.05, 4.69) is 9.88 Å². The highest BCUT2D eigenvalue weighted by Gasteiger charge is 2.19. The van der Waals surface area contributed by atoms with Crippen LogP contribution in [0.3, 0.4) is 0 Å². The normalized spacial score (nSPS) is 14.4. The number of hydrogen-bond donors (Lipinski definition) is 2. The Morgan fingerprint density at radius 3 is 2.65 bits per heavy atom. The number of nitrogens with two attached hydrogens (primary N) is 1. The number of amides is 1. The number of aryl methyl sites for hydroxylation is 1. The minimum Gasteiger partial charge on any atom is -0.350 e. The van der Waals surface area contributed by atoms with Gasteiger partial charge in [0.1, 0.15) is 0 Å². The first-order valence-corrected chi connectivity index (χ1v) is 6.11. The maximum atomic E-state index is 11.8. The molecule has 0 bridgehead atoms. The average molecular weight is 237 g/mol. The van der Waals surface area contributed by atoms with Crippen LogP contribution in [0, 0.1) is 12.8 Å². The first-order chi connectivity index (χ1) is 7.97. The Morgan fingerprint density at radius 2 is 2.18 bits per heavy atom. The van der Waals surface area contributed by atoms with E-state index in [0.717, 1.165) is 12.1 Å². The van der Waals surface area contributed by atoms with E-state index in [1.54, 1.807) is 0 Å². The lowest BCUT2D eigenvalue weighted by atomic mass is 9.99. The fraction of sp³-hybridized carbons (Fsp3) is 0.615. The Bertz CT molecular complexity index is 384. The summed E-state index contributed by atoms with van der Waals surface area (Å²) in [4.78, 5) is 11.8. The Hall–Kier alpha value is -1.29. The zero-order valence-corrected chi connectivity index (χ0v) is 11.2. The molecule has 3 N–H and O–H groups in total. The number of aromatic nitrogens is 1. The number of carbonyl (C=O) groups excluding carboxylic acids is 1. The zero-order valence-electron chi connectivity index (χ0n) is 11.2. The van der Waals surface area contributed by atoms with E-state index in [4.69, 9.17) is 5.73 Å². The van der Waals surface area contributed by atoms with Crippen LogP contribution in [-0.2, 0) is 18.4 Å². The molecule has 96 valence electrons. The van der Waals surface area contributed by atoms with Gasteiger partial charge in [-0.15, -0.1) is 0 Å². The molecule has 4 nitrogen and oxygen atoms in total. The topological polar surface area (TPSA) is 60.1 Å². The number of nitrogens with one attached hydrogen (secondary N) is 1. The number of nitrogens with zero attached hydrogens (tertiary/aromatic N) is 1. The van der Waals surface area contributed by atoms with E-state index < -0.39 is 6.04 Å². The molecule has 1 amide bonds. The second kappa shape index (κ2) is 5.87. The van der Waals surface area contributed by atoms with Crippen LogP contribution in [0.1, 0.15) is 31.7 Å². The monoisotopic (exact) mass is 237 g/mol. The smallest absolute Gasteiger partial charge is 0.237 e. The molecule has 1 aromatic rings. The van der Waals surface area contributed by atoms with Crippen LogP contribution in [-0.4, -0.2) is 16.5 Å². The van der Waals surface area contributed by atoms with E-state index >= 15 is 0 Å². The van der Waals surface area contributed by atoms with Gasteiger partial charge in [0.05, 0.1) is 12.6 Å². The molecular formula is C13H23N3O. The van der Waals surface area contributed by atoms with Crippen LogP contribution >= 0.6 is 0 Å². The lowest BCUT2D eigenvalue weighted by Crippen LogP contribution is -2.44. The molecule has 17 heavy (non-hydrogen) atoms. The van der Waals surface area contributed by atoms with Gasteiger partial charge in [-0.2, -0.15) is 0 Å². The van der Waals surface area contributed by atoms with Gasteiger partial charge >= 0.3 is 0 Å². The summed E-state index contributed by atoms with van der Waals surface area (Å²) < 4.78 is 2.06. The van der Waals surface area contributed by atoms with Crippen LogP contribution in [0.4, 0.5) is 0 Å². The highest BCUT2D eigenvalue weighted by atomic mass is 16.2. The van der Waals surface area contributed by atoms with Crippen molar-refractivity contribution in [3.05, 3.63) is 23.5 Å². The van der Waals surface area contributed by atoms with E-state index in [-0.39, 0.29) is 11.8 Å². The van der Waals surface area contributed by atoms with Crippen molar-refractivity contribution in [2.75, 3.05) is 0 Å². The molecule has 0 aromatic carbocycles. The third-order valence-corrected chi connectivity index (χ3v) is 3.48. The van der Waals surface area contributed by atoms with Crippen LogP contribution in [0.5, 0.6) is 0 Å². The van der Waals surface area contributed by atoms with E-state index in [9.17, 15) is 4.79 Å². The van der Waals surface area contributed by atoms with Crippen molar-refractivity contribution in [1.82, 2.24) is 9.88 Å². The van der Waals surface area contributed by atoms with Crippen molar-refractivity contribution in [2.24, 2.45) is 18.7 Å². The van der Waals surface area contributed by atoms with Crippen LogP contribution in [0.2, 0.25) is 0 Å². The fourth-order valence-corrected chi connectivity index (χ4v) is 1.65. The Labute approximate surface area is 103 Å². The van der Waals surface area contributed by atoms with Gasteiger partial charge in [-0.3, -0.25) is 4.79 Å². The van der Waals surface area contributed by atoms with Crippen molar-refractivity contribution in [2.45, 2.75) is 39.8 Å². The minimum atomic E-state index is -0.415. The first kappa shape index (κ1) is 13.8. The zero-order chi connectivity index (χ0) is 13.0. The summed E-state index contributed by atoms with van der Waals surface area (Å²) in [5.74, 6) is 0.142. The molecule has 0 unspecified atom stereocenters. The average Bonchev–Trinajstić information content (AvgIpc) is 2.65. The van der Waals surface area contributed by atoms with Gasteiger partial charge in [0, 0.05) is 18.4 Å². The molecule has 0 saturated carbocycles. The van der Waals surface area contributed by atoms with Gasteiger partial charge in [0.25, 0.3) is 0 Å². The molecule has 0 aliphatic carbocycles. The van der Waals surface area contributed by atoms with Crippen LogP contribution < -0.4 is 11.1 Å². The predicted octanol–water partition coefficient (Wildman–Crippen LogP) is 1.32. The quantitative estimate of drug-likeness (QED) is 0.811. The van der Waals surface area contributed by atoms with Gasteiger partial charge < -0.3 is 15.6 Å². The molecule has 0 spiro atoms. The maximum absolute atomic E-state index is 11.8. The van der Waals surface area contributed by atoms with E-state index in [1.807, 2.05) is 40.0 Å². The number of hydrogen-bond acceptors (Lipinski definition) is 2. The second-order valence-corrected chi connectivity index (χ2v) is 4.65. The molecule has 1 heterocycles. The van der Waals surface area contributed by atoms with Crippen LogP contribution in [0.25, 0.3) is 0 Å². The predicted molar refractivity (Wildman–Crippen MR) is 69.4 cm³/mol. The molecule has 0 aliphatic rings. The third-order valence-electron chi connectivity index (χ3n) is 3.48. The van der Waals surface area contributed by atoms with E-state index in [1.165, 1.54) is 5.69 Å². The second-order valence-electron chi connectivity index (χ2n) is 4.65. The highest BCUT2D eigenvalue weighted by Crippen LogP contribution is 2.07. The van der Waals surface area contributed by atoms with Crippen molar-refractivity contribution in [3.8, 4) is 0 Å². The van der Waals surface area contributed by atoms with Crippen molar-refractivity contribution in [1.29, 1.82) is 0 Å². The fourth-order valence-electron chi connectivity index (χ4n) is 1.65. The van der Waals surface area contributed by atoms with Crippen LogP contribution in [0.15, 0.2) is 12.1 Å². The molecule has 0 aliphatic heterocycles. The number of carbonyl (C=O) groups is 1. The van der Waals surface area contributed by atoms with Crippen molar-refractivity contribution >= 4 is 5.91 Å². The molecule has 0 radical (unpaired) electrons. The standard InChI is InChI=1S/C13H23N3O/c1-5-9(2)12(14)13(17)15-8-11-7-6-10(3)16(11)4/h6-7,9,12H,5,8,14H2,1-4H3,(H,15,17)/t9-,12-/m0/s1. The SMILES string of the molecule is CC[C@H](C)[C@H](N)C(=O)NCc1ccc(C)n1C. The van der Waals surface area contributed by atoms with E-state index in [0.29, 0.717) is 6.54 Å². The van der Waals surface area contributed by atoms with Gasteiger partial charge in [0.15, 0.2) is 0 Å². The summed E-state index contributed by atoms with van der Waals surface area (Å²) in [5.41, 5.74) is 8.13. The summed E-state index contributed by atoms with van der Waals surface area (Å²) in [5, 5.41) is 2.88. The molecule has 0 fully saturated rings. The highest BCUT2D eigenvalue weighted by molar-refractivity contribution is 5.81. The molecule has 2 atom stereocenters. The molecule has 0 saturated heterocycles. The van der Waals surface area contributed by atoms with Crippen molar-refractivity contribution in [3.63, 3.8) is 0 Å². The van der Waals surface area contributed by atoms with Crippen molar-refractivity contribution < 1.29 is 4.79 Å². The molecule has 1 rings (SSSR count). The van der Waals surface area contributed by atoms with Gasteiger partial charge in [-0.05, 0) is 25.0 Å². The summed E-state index contributed by atoms with van der Waals surface area (Å²) in [7, 11) is 1.99. The van der Waals surface area contributed by atoms with Gasteiger partial charge in [-0.25, -0.2) is 0 Å². The Kier molecular flexibility index (Phi) is 4.75. The first-order valence-electron chi connectivity index (χ1n) is 6.11. The lowest BCUT2D eigenvalue weighted by Gasteiger charge is -2.17. The third kappa shape index (κ3) is 3.33. The molecule has 1 aromatic heterocycles. The molecule has 4 heteroatoms. The summed E-state index contributed by atoms with van der Waals surface area (Å²) >= 11 is 0. The molecular weight excluding hydrogens is 214 g/mol. The van der Waals surface area contributed by atoms with Gasteiger partial charge in [-0.1, -0.05) is 20.3 Å². The van der Waals surface area contributed by atoms with Gasteiger partial charge in [0.2, 0.25) is 5.91 Å².